The van der Waals surface area contributed by atoms with E-state index in [0.29, 0.717) is 17.3 Å². The largest absolute Gasteiger partial charge is 0.452 e. The summed E-state index contributed by atoms with van der Waals surface area (Å²) in [7, 11) is 0. The van der Waals surface area contributed by atoms with Crippen molar-refractivity contribution in [1.29, 1.82) is 0 Å². The number of ether oxygens (including phenoxy) is 1. The number of nitrogens with zero attached hydrogens (tertiary/aromatic N) is 1. The van der Waals surface area contributed by atoms with Gasteiger partial charge in [-0.25, -0.2) is 4.79 Å². The van der Waals surface area contributed by atoms with Crippen LogP contribution in [0.3, 0.4) is 0 Å². The fourth-order valence-electron chi connectivity index (χ4n) is 4.74. The maximum Gasteiger partial charge on any atom is 0.338 e. The van der Waals surface area contributed by atoms with Gasteiger partial charge in [-0.3, -0.25) is 19.3 Å². The molecule has 1 heterocycles. The Morgan fingerprint density at radius 3 is 2.42 bits per heavy atom. The van der Waals surface area contributed by atoms with E-state index in [9.17, 15) is 19.2 Å². The number of aryl methyl sites for hydroxylation is 1. The number of imide groups is 1. The van der Waals surface area contributed by atoms with Gasteiger partial charge >= 0.3 is 5.97 Å². The summed E-state index contributed by atoms with van der Waals surface area (Å²) >= 11 is 0. The maximum absolute atomic E-state index is 12.9. The molecule has 1 N–H and O–H groups in total. The smallest absolute Gasteiger partial charge is 0.338 e. The van der Waals surface area contributed by atoms with Crippen molar-refractivity contribution in [3.8, 4) is 0 Å². The Balaban J connectivity index is 1.36. The third kappa shape index (κ3) is 4.67. The number of fused-ring (bicyclic) bond motifs is 1. The van der Waals surface area contributed by atoms with Gasteiger partial charge in [-0.15, -0.1) is 0 Å². The molecule has 3 amide bonds. The van der Waals surface area contributed by atoms with Gasteiger partial charge in [-0.2, -0.15) is 0 Å². The number of rotatable bonds is 6. The zero-order valence-corrected chi connectivity index (χ0v) is 18.9. The van der Waals surface area contributed by atoms with Gasteiger partial charge in [0.15, 0.2) is 6.61 Å². The molecule has 7 nitrogen and oxygen atoms in total. The second-order valence-electron chi connectivity index (χ2n) is 8.82. The van der Waals surface area contributed by atoms with E-state index in [4.69, 9.17) is 4.74 Å². The van der Waals surface area contributed by atoms with Crippen LogP contribution in [0.25, 0.3) is 0 Å². The average molecular weight is 449 g/mol. The van der Waals surface area contributed by atoms with Crippen LogP contribution in [0.1, 0.15) is 49.0 Å². The van der Waals surface area contributed by atoms with Crippen LogP contribution in [0.2, 0.25) is 0 Å². The van der Waals surface area contributed by atoms with Crippen LogP contribution in [0, 0.1) is 17.8 Å². The number of amides is 3. The van der Waals surface area contributed by atoms with Crippen LogP contribution in [0.15, 0.2) is 48.5 Å². The summed E-state index contributed by atoms with van der Waals surface area (Å²) in [5.41, 5.74) is 2.39. The molecule has 1 saturated carbocycles. The molecule has 2 fully saturated rings. The first kappa shape index (κ1) is 22.7. The van der Waals surface area contributed by atoms with Gasteiger partial charge in [-0.1, -0.05) is 32.0 Å². The molecule has 1 aliphatic heterocycles. The van der Waals surface area contributed by atoms with Crippen LogP contribution in [0.4, 0.5) is 11.4 Å². The lowest BCUT2D eigenvalue weighted by atomic mass is 9.76. The highest BCUT2D eigenvalue weighted by atomic mass is 16.5. The lowest BCUT2D eigenvalue weighted by Crippen LogP contribution is -2.30. The van der Waals surface area contributed by atoms with Crippen molar-refractivity contribution < 1.29 is 23.9 Å². The van der Waals surface area contributed by atoms with E-state index in [1.165, 1.54) is 17.0 Å². The van der Waals surface area contributed by atoms with Crippen LogP contribution in [-0.4, -0.2) is 30.3 Å². The molecule has 2 aromatic carbocycles. The lowest BCUT2D eigenvalue weighted by molar-refractivity contribution is -0.122. The average Bonchev–Trinajstić information content (AvgIpc) is 3.07. The van der Waals surface area contributed by atoms with Gasteiger partial charge in [0.25, 0.3) is 5.91 Å². The fraction of sp³-hybridized carbons (Fsp3) is 0.385. The monoisotopic (exact) mass is 448 g/mol. The van der Waals surface area contributed by atoms with Gasteiger partial charge in [0.2, 0.25) is 11.8 Å². The third-order valence-electron chi connectivity index (χ3n) is 6.56. The summed E-state index contributed by atoms with van der Waals surface area (Å²) in [6.45, 7) is 3.69. The number of anilines is 2. The molecule has 7 heteroatoms. The van der Waals surface area contributed by atoms with Gasteiger partial charge < -0.3 is 10.1 Å². The molecule has 172 valence electrons. The summed E-state index contributed by atoms with van der Waals surface area (Å²) in [4.78, 5) is 51.5. The number of hydrogen-bond donors (Lipinski definition) is 1. The highest BCUT2D eigenvalue weighted by Crippen LogP contribution is 2.42. The normalized spacial score (nSPS) is 22.1. The number of hydrogen-bond acceptors (Lipinski definition) is 5. The molecule has 1 aliphatic carbocycles. The number of esters is 1. The molecule has 0 bridgehead atoms. The minimum atomic E-state index is -0.651. The lowest BCUT2D eigenvalue weighted by Gasteiger charge is -2.25. The van der Waals surface area contributed by atoms with E-state index in [0.717, 1.165) is 31.2 Å². The highest BCUT2D eigenvalue weighted by molar-refractivity contribution is 6.22. The van der Waals surface area contributed by atoms with Crippen LogP contribution in [0.5, 0.6) is 0 Å². The minimum Gasteiger partial charge on any atom is -0.452 e. The predicted molar refractivity (Wildman–Crippen MR) is 124 cm³/mol. The van der Waals surface area contributed by atoms with E-state index < -0.39 is 18.5 Å². The van der Waals surface area contributed by atoms with Gasteiger partial charge in [0.05, 0.1) is 23.1 Å². The Morgan fingerprint density at radius 2 is 1.70 bits per heavy atom. The Kier molecular flexibility index (Phi) is 6.58. The summed E-state index contributed by atoms with van der Waals surface area (Å²) in [6.07, 6.45) is 3.20. The number of nitrogens with one attached hydrogen (secondary N) is 1. The quantitative estimate of drug-likeness (QED) is 0.533. The summed E-state index contributed by atoms with van der Waals surface area (Å²) in [6, 6.07) is 13.6. The zero-order valence-electron chi connectivity index (χ0n) is 18.9. The topological polar surface area (TPSA) is 92.8 Å². The van der Waals surface area contributed by atoms with Gasteiger partial charge in [0.1, 0.15) is 0 Å². The van der Waals surface area contributed by atoms with Crippen molar-refractivity contribution in [2.45, 2.75) is 39.5 Å². The molecule has 33 heavy (non-hydrogen) atoms. The van der Waals surface area contributed by atoms with Crippen molar-refractivity contribution in [2.24, 2.45) is 17.8 Å². The van der Waals surface area contributed by atoms with Crippen molar-refractivity contribution in [3.05, 3.63) is 59.7 Å². The molecular formula is C26H28N2O5. The second kappa shape index (κ2) is 9.57. The van der Waals surface area contributed by atoms with Crippen molar-refractivity contribution in [2.75, 3.05) is 16.8 Å². The third-order valence-corrected chi connectivity index (χ3v) is 6.56. The van der Waals surface area contributed by atoms with E-state index >= 15 is 0 Å². The first-order valence-electron chi connectivity index (χ1n) is 11.4. The standard InChI is InChI=1S/C26H28N2O5/c1-3-17-6-4-5-7-22(17)27-23(29)15-33-26(32)18-9-11-19(12-10-18)28-24(30)20-13-8-16(2)14-21(20)25(28)31/h4-7,9-12,16,20-21H,3,8,13-15H2,1-2H3,(H,27,29)/t16-,20-,21+/m1/s1. The predicted octanol–water partition coefficient (Wildman–Crippen LogP) is 3.97. The minimum absolute atomic E-state index is 0.156. The molecule has 0 aromatic heterocycles. The Bertz CT molecular complexity index is 1080. The van der Waals surface area contributed by atoms with E-state index in [-0.39, 0.29) is 29.2 Å². The van der Waals surface area contributed by atoms with E-state index in [1.54, 1.807) is 18.2 Å². The Hall–Kier alpha value is -3.48. The molecule has 1 saturated heterocycles. The van der Waals surface area contributed by atoms with Crippen molar-refractivity contribution in [3.63, 3.8) is 0 Å². The number of para-hydroxylation sites is 1. The van der Waals surface area contributed by atoms with Crippen molar-refractivity contribution >= 4 is 35.1 Å². The molecule has 0 radical (unpaired) electrons. The van der Waals surface area contributed by atoms with E-state index in [2.05, 4.69) is 12.2 Å². The van der Waals surface area contributed by atoms with Crippen LogP contribution >= 0.6 is 0 Å². The maximum atomic E-state index is 12.9. The fourth-order valence-corrected chi connectivity index (χ4v) is 4.74. The van der Waals surface area contributed by atoms with Crippen LogP contribution < -0.4 is 10.2 Å². The number of carbonyl (C=O) groups is 4. The number of benzene rings is 2. The SMILES string of the molecule is CCc1ccccc1NC(=O)COC(=O)c1ccc(N2C(=O)[C@H]3C[C@H](C)CC[C@H]3C2=O)cc1. The van der Waals surface area contributed by atoms with Gasteiger partial charge in [0, 0.05) is 5.69 Å². The first-order valence-corrected chi connectivity index (χ1v) is 11.4. The number of carbonyl (C=O) groups excluding carboxylic acids is 4. The molecule has 2 aromatic rings. The van der Waals surface area contributed by atoms with E-state index in [1.807, 2.05) is 25.1 Å². The Morgan fingerprint density at radius 1 is 1.00 bits per heavy atom. The second-order valence-corrected chi connectivity index (χ2v) is 8.82. The highest BCUT2D eigenvalue weighted by Gasteiger charge is 2.49. The summed E-state index contributed by atoms with van der Waals surface area (Å²) < 4.78 is 5.13. The molecule has 0 spiro atoms. The summed E-state index contributed by atoms with van der Waals surface area (Å²) in [5.74, 6) is -1.44. The zero-order chi connectivity index (χ0) is 23.5. The molecule has 3 atom stereocenters. The summed E-state index contributed by atoms with van der Waals surface area (Å²) in [5, 5.41) is 2.75. The first-order chi connectivity index (χ1) is 15.9. The molecule has 2 aliphatic rings. The van der Waals surface area contributed by atoms with Crippen LogP contribution in [-0.2, 0) is 25.5 Å². The molecule has 4 rings (SSSR count). The molecule has 0 unspecified atom stereocenters. The van der Waals surface area contributed by atoms with Gasteiger partial charge in [-0.05, 0) is 67.5 Å². The Labute approximate surface area is 193 Å². The molecular weight excluding hydrogens is 420 g/mol. The van der Waals surface area contributed by atoms with Crippen molar-refractivity contribution in [1.82, 2.24) is 0 Å².